The van der Waals surface area contributed by atoms with Crippen LogP contribution in [0.15, 0.2) is 78.9 Å². The second-order valence-electron chi connectivity index (χ2n) is 10.6. The molecule has 16 heteroatoms. The van der Waals surface area contributed by atoms with Crippen molar-refractivity contribution >= 4 is 11.9 Å². The van der Waals surface area contributed by atoms with Gasteiger partial charge in [-0.2, -0.15) is 0 Å². The average Bonchev–Trinajstić information content (AvgIpc) is 3.07. The number of aromatic hydroxyl groups is 7. The number of benzene rings is 4. The molecule has 0 aliphatic rings. The summed E-state index contributed by atoms with van der Waals surface area (Å²) in [4.78, 5) is 20.8. The van der Waals surface area contributed by atoms with E-state index in [4.69, 9.17) is 68.9 Å². The minimum absolute atomic E-state index is 0.0871. The first-order valence-corrected chi connectivity index (χ1v) is 14.8. The number of carboxylic acid groups (broad SMARTS) is 2. The molecule has 16 nitrogen and oxygen atoms in total. The second-order valence-corrected chi connectivity index (χ2v) is 10.6. The van der Waals surface area contributed by atoms with Crippen molar-refractivity contribution in [3.05, 3.63) is 101 Å². The fraction of sp³-hybridized carbons (Fsp3) is 0.235. The Bertz CT molecular complexity index is 1650. The number of nitrogens with two attached hydrogens (primary N) is 4. The second kappa shape index (κ2) is 21.2. The molecular weight excluding hydrogens is 656 g/mol. The standard InChI is InChI=1S/C9H11NO4.C9H11NO3.C8H11NO3.C8H11NO2/c10-6(9(13)14)3-5-1-2-7(11)8(12)4-5;10-8(9(12)13)5-6-1-3-7(11)4-2-6;9-4-8(12)5-1-2-6(10)7(11)3-5;9-4-3-6-1-2-7(10)8(11)5-6/h1-2,4,6,11-12H,3,10H2,(H,13,14);1-4,8,11H,5,10H2,(H,12,13);1-3,8,10-12H,4,9H2;1-2,5,10-11H,3-4,9H2/t;2*8-;/m.00./s1. The van der Waals surface area contributed by atoms with E-state index in [1.165, 1.54) is 60.7 Å². The van der Waals surface area contributed by atoms with E-state index in [0.717, 1.165) is 11.1 Å². The third kappa shape index (κ3) is 15.4. The van der Waals surface area contributed by atoms with E-state index in [1.807, 2.05) is 0 Å². The largest absolute Gasteiger partial charge is 0.508 e. The molecule has 50 heavy (non-hydrogen) atoms. The van der Waals surface area contributed by atoms with Crippen LogP contribution in [-0.4, -0.2) is 88.2 Å². The number of phenols is 7. The summed E-state index contributed by atoms with van der Waals surface area (Å²) < 4.78 is 0. The van der Waals surface area contributed by atoms with Crippen molar-refractivity contribution in [2.75, 3.05) is 13.1 Å². The lowest BCUT2D eigenvalue weighted by molar-refractivity contribution is -0.139. The van der Waals surface area contributed by atoms with Crippen LogP contribution in [0.4, 0.5) is 0 Å². The van der Waals surface area contributed by atoms with Gasteiger partial charge in [0.05, 0.1) is 6.10 Å². The van der Waals surface area contributed by atoms with Gasteiger partial charge in [-0.1, -0.05) is 30.3 Å². The maximum atomic E-state index is 10.4. The van der Waals surface area contributed by atoms with Gasteiger partial charge in [0.15, 0.2) is 34.5 Å². The Kier molecular flexibility index (Phi) is 17.9. The number of aliphatic hydroxyl groups is 1. The quantitative estimate of drug-likeness (QED) is 0.103. The van der Waals surface area contributed by atoms with Crippen molar-refractivity contribution in [3.63, 3.8) is 0 Å². The highest BCUT2D eigenvalue weighted by atomic mass is 16.4. The van der Waals surface area contributed by atoms with Gasteiger partial charge in [-0.05, 0) is 96.6 Å². The van der Waals surface area contributed by atoms with Crippen LogP contribution < -0.4 is 22.9 Å². The van der Waals surface area contributed by atoms with Gasteiger partial charge in [-0.15, -0.1) is 0 Å². The number of hydrogen-bond donors (Lipinski definition) is 14. The number of carboxylic acids is 2. The molecule has 1 unspecified atom stereocenters. The van der Waals surface area contributed by atoms with Crippen molar-refractivity contribution in [2.45, 2.75) is 37.5 Å². The van der Waals surface area contributed by atoms with E-state index in [-0.39, 0.29) is 59.6 Å². The minimum atomic E-state index is -1.10. The van der Waals surface area contributed by atoms with Crippen LogP contribution in [0, 0.1) is 0 Å². The number of rotatable bonds is 10. The Balaban J connectivity index is 0.000000335. The summed E-state index contributed by atoms with van der Waals surface area (Å²) in [7, 11) is 0. The lowest BCUT2D eigenvalue weighted by Gasteiger charge is -2.08. The molecule has 3 atom stereocenters. The summed E-state index contributed by atoms with van der Waals surface area (Å²) in [5, 5.41) is 89.3. The van der Waals surface area contributed by atoms with Gasteiger partial charge in [-0.3, -0.25) is 9.59 Å². The summed E-state index contributed by atoms with van der Waals surface area (Å²) in [5.74, 6) is -3.11. The molecule has 0 fully saturated rings. The van der Waals surface area contributed by atoms with Crippen molar-refractivity contribution in [2.24, 2.45) is 22.9 Å². The highest BCUT2D eigenvalue weighted by Crippen LogP contribution is 2.28. The normalized spacial score (nSPS) is 11.9. The number of carbonyl (C=O) groups is 2. The molecule has 0 spiro atoms. The molecule has 18 N–H and O–H groups in total. The molecule has 272 valence electrons. The number of phenolic OH excluding ortho intramolecular Hbond substituents is 7. The van der Waals surface area contributed by atoms with Crippen molar-refractivity contribution in [1.82, 2.24) is 0 Å². The lowest BCUT2D eigenvalue weighted by atomic mass is 10.1. The highest BCUT2D eigenvalue weighted by Gasteiger charge is 2.13. The first kappa shape index (κ1) is 42.2. The van der Waals surface area contributed by atoms with E-state index in [0.29, 0.717) is 24.1 Å². The predicted molar refractivity (Wildman–Crippen MR) is 183 cm³/mol. The molecule has 4 aromatic carbocycles. The zero-order valence-electron chi connectivity index (χ0n) is 26.9. The maximum absolute atomic E-state index is 10.4. The fourth-order valence-corrected chi connectivity index (χ4v) is 3.79. The SMILES string of the molecule is NC(Cc1ccc(O)c(O)c1)C(=O)O.NCCc1ccc(O)c(O)c1.NC[C@H](O)c1ccc(O)c(O)c1.N[C@@H](Cc1ccc(O)cc1)C(=O)O. The van der Waals surface area contributed by atoms with E-state index in [1.54, 1.807) is 18.2 Å². The van der Waals surface area contributed by atoms with E-state index >= 15 is 0 Å². The molecule has 0 saturated carbocycles. The van der Waals surface area contributed by atoms with Gasteiger partial charge >= 0.3 is 11.9 Å². The van der Waals surface area contributed by atoms with Crippen LogP contribution in [0.3, 0.4) is 0 Å². The maximum Gasteiger partial charge on any atom is 0.320 e. The molecule has 0 saturated heterocycles. The van der Waals surface area contributed by atoms with Gasteiger partial charge in [0.1, 0.15) is 17.8 Å². The van der Waals surface area contributed by atoms with E-state index < -0.39 is 30.1 Å². The van der Waals surface area contributed by atoms with Crippen LogP contribution in [-0.2, 0) is 28.9 Å². The van der Waals surface area contributed by atoms with Crippen LogP contribution in [0.5, 0.6) is 40.2 Å². The molecule has 0 aliphatic carbocycles. The first-order chi connectivity index (χ1) is 23.5. The molecule has 4 aromatic rings. The molecular formula is C34H44N4O12. The molecule has 0 bridgehead atoms. The molecule has 0 aromatic heterocycles. The van der Waals surface area contributed by atoms with E-state index in [2.05, 4.69) is 0 Å². The summed E-state index contributed by atoms with van der Waals surface area (Å²) in [5.41, 5.74) is 23.9. The summed E-state index contributed by atoms with van der Waals surface area (Å²) >= 11 is 0. The molecule has 4 rings (SSSR count). The third-order valence-corrected chi connectivity index (χ3v) is 6.60. The summed E-state index contributed by atoms with van der Waals surface area (Å²) in [6.07, 6.45) is 0.309. The van der Waals surface area contributed by atoms with Crippen LogP contribution in [0.2, 0.25) is 0 Å². The Morgan fingerprint density at radius 1 is 0.540 bits per heavy atom. The zero-order chi connectivity index (χ0) is 38.0. The topological polar surface area (TPSA) is 341 Å². The van der Waals surface area contributed by atoms with Crippen molar-refractivity contribution in [3.8, 4) is 40.2 Å². The fourth-order valence-electron chi connectivity index (χ4n) is 3.79. The van der Waals surface area contributed by atoms with Crippen LogP contribution >= 0.6 is 0 Å². The lowest BCUT2D eigenvalue weighted by Crippen LogP contribution is -2.32. The van der Waals surface area contributed by atoms with Gasteiger partial charge < -0.3 is 74.0 Å². The predicted octanol–water partition coefficient (Wildman–Crippen LogP) is 1.09. The average molecular weight is 701 g/mol. The molecule has 0 aliphatic heterocycles. The summed E-state index contributed by atoms with van der Waals surface area (Å²) in [6.45, 7) is 0.633. The molecule has 0 heterocycles. The summed E-state index contributed by atoms with van der Waals surface area (Å²) in [6, 6.07) is 17.3. The Hall–Kier alpha value is -5.78. The zero-order valence-corrected chi connectivity index (χ0v) is 26.9. The molecule has 0 radical (unpaired) electrons. The first-order valence-electron chi connectivity index (χ1n) is 14.8. The van der Waals surface area contributed by atoms with E-state index in [9.17, 15) is 14.7 Å². The highest BCUT2D eigenvalue weighted by molar-refractivity contribution is 5.74. The smallest absolute Gasteiger partial charge is 0.320 e. The Labute approximate surface area is 287 Å². The monoisotopic (exact) mass is 700 g/mol. The van der Waals surface area contributed by atoms with Crippen LogP contribution in [0.1, 0.15) is 28.4 Å². The van der Waals surface area contributed by atoms with Gasteiger partial charge in [-0.25, -0.2) is 0 Å². The Morgan fingerprint density at radius 2 is 0.940 bits per heavy atom. The number of aliphatic hydroxyl groups excluding tert-OH is 1. The van der Waals surface area contributed by atoms with Crippen molar-refractivity contribution < 1.29 is 60.7 Å². The third-order valence-electron chi connectivity index (χ3n) is 6.60. The van der Waals surface area contributed by atoms with Gasteiger partial charge in [0.25, 0.3) is 0 Å². The minimum Gasteiger partial charge on any atom is -0.508 e. The van der Waals surface area contributed by atoms with Gasteiger partial charge in [0, 0.05) is 6.54 Å². The Morgan fingerprint density at radius 3 is 1.36 bits per heavy atom. The molecule has 0 amide bonds. The van der Waals surface area contributed by atoms with Crippen molar-refractivity contribution in [1.29, 1.82) is 0 Å². The van der Waals surface area contributed by atoms with Gasteiger partial charge in [0.2, 0.25) is 0 Å². The number of hydrogen-bond acceptors (Lipinski definition) is 14. The van der Waals surface area contributed by atoms with Crippen LogP contribution in [0.25, 0.3) is 0 Å². The number of aliphatic carboxylic acids is 2.